The van der Waals surface area contributed by atoms with Crippen LogP contribution in [0.5, 0.6) is 0 Å². The number of carbonyl (C=O) groups excluding carboxylic acids is 1. The monoisotopic (exact) mass is 428 g/mol. The Morgan fingerprint density at radius 1 is 1.06 bits per heavy atom. The second-order valence-electron chi connectivity index (χ2n) is 7.51. The summed E-state index contributed by atoms with van der Waals surface area (Å²) in [7, 11) is 0. The van der Waals surface area contributed by atoms with Gasteiger partial charge in [0.25, 0.3) is 5.56 Å². The van der Waals surface area contributed by atoms with E-state index in [1.165, 1.54) is 0 Å². The molecule has 8 nitrogen and oxygen atoms in total. The highest BCUT2D eigenvalue weighted by Crippen LogP contribution is 2.13. The zero-order valence-electron chi connectivity index (χ0n) is 17.8. The summed E-state index contributed by atoms with van der Waals surface area (Å²) in [6.07, 6.45) is 7.52. The number of hydrogen-bond donors (Lipinski definition) is 2. The number of nitrogens with zero attached hydrogens (tertiary/aromatic N) is 4. The predicted octanol–water partition coefficient (Wildman–Crippen LogP) is 2.63. The van der Waals surface area contributed by atoms with Gasteiger partial charge in [0, 0.05) is 54.6 Å². The van der Waals surface area contributed by atoms with Gasteiger partial charge in [0.05, 0.1) is 6.54 Å². The summed E-state index contributed by atoms with van der Waals surface area (Å²) in [6.45, 7) is 2.94. The van der Waals surface area contributed by atoms with Gasteiger partial charge >= 0.3 is 0 Å². The van der Waals surface area contributed by atoms with Crippen molar-refractivity contribution in [1.82, 2.24) is 30.0 Å². The van der Waals surface area contributed by atoms with E-state index < -0.39 is 0 Å². The van der Waals surface area contributed by atoms with Crippen LogP contribution in [0.4, 0.5) is 0 Å². The Balaban J connectivity index is 1.30. The fourth-order valence-corrected chi connectivity index (χ4v) is 3.42. The number of nitrogens with one attached hydrogen (secondary N) is 2. The van der Waals surface area contributed by atoms with Crippen LogP contribution < -0.4 is 10.9 Å². The van der Waals surface area contributed by atoms with E-state index in [0.717, 1.165) is 16.7 Å². The molecule has 0 aliphatic carbocycles. The molecule has 1 amide bonds. The normalized spacial score (nSPS) is 10.8. The van der Waals surface area contributed by atoms with Crippen molar-refractivity contribution in [2.45, 2.75) is 32.9 Å². The van der Waals surface area contributed by atoms with Crippen molar-refractivity contribution < 1.29 is 4.79 Å². The van der Waals surface area contributed by atoms with Crippen LogP contribution in [0.1, 0.15) is 28.8 Å². The molecule has 0 saturated carbocycles. The summed E-state index contributed by atoms with van der Waals surface area (Å²) in [5.41, 5.74) is 3.88. The third-order valence-corrected chi connectivity index (χ3v) is 5.19. The van der Waals surface area contributed by atoms with Gasteiger partial charge in [-0.2, -0.15) is 5.10 Å². The molecule has 0 bridgehead atoms. The van der Waals surface area contributed by atoms with E-state index in [4.69, 9.17) is 0 Å². The van der Waals surface area contributed by atoms with E-state index in [1.54, 1.807) is 37.6 Å². The zero-order valence-corrected chi connectivity index (χ0v) is 17.8. The second-order valence-corrected chi connectivity index (χ2v) is 7.51. The van der Waals surface area contributed by atoms with Gasteiger partial charge in [0.1, 0.15) is 5.82 Å². The van der Waals surface area contributed by atoms with Crippen LogP contribution in [0, 0.1) is 6.92 Å². The highest BCUT2D eigenvalue weighted by Gasteiger charge is 2.12. The van der Waals surface area contributed by atoms with Crippen LogP contribution in [-0.4, -0.2) is 30.6 Å². The summed E-state index contributed by atoms with van der Waals surface area (Å²) in [5.74, 6) is 0.390. The van der Waals surface area contributed by atoms with Gasteiger partial charge in [0.15, 0.2) is 0 Å². The minimum absolute atomic E-state index is 0.109. The summed E-state index contributed by atoms with van der Waals surface area (Å²) < 4.78 is 1.86. The lowest BCUT2D eigenvalue weighted by atomic mass is 10.1. The van der Waals surface area contributed by atoms with Crippen LogP contribution in [0.15, 0.2) is 72.0 Å². The van der Waals surface area contributed by atoms with Crippen LogP contribution in [-0.2, 0) is 24.3 Å². The number of aryl methyl sites for hydroxylation is 1. The highest BCUT2D eigenvalue weighted by molar-refractivity contribution is 5.76. The third kappa shape index (κ3) is 5.34. The molecule has 8 heteroatoms. The average molecular weight is 428 g/mol. The van der Waals surface area contributed by atoms with Crippen molar-refractivity contribution >= 4 is 5.91 Å². The topological polar surface area (TPSA) is 106 Å². The number of benzene rings is 1. The first-order chi connectivity index (χ1) is 15.6. The van der Waals surface area contributed by atoms with E-state index in [2.05, 4.69) is 25.4 Å². The second kappa shape index (κ2) is 9.82. The first-order valence-corrected chi connectivity index (χ1v) is 10.4. The summed E-state index contributed by atoms with van der Waals surface area (Å²) in [6, 6.07) is 13.5. The van der Waals surface area contributed by atoms with Crippen LogP contribution in [0.25, 0.3) is 11.4 Å². The molecule has 0 aliphatic heterocycles. The minimum Gasteiger partial charge on any atom is -0.352 e. The molecule has 0 aliphatic rings. The third-order valence-electron chi connectivity index (χ3n) is 5.19. The molecule has 0 saturated heterocycles. The van der Waals surface area contributed by atoms with Crippen molar-refractivity contribution in [1.29, 1.82) is 0 Å². The molecule has 0 fully saturated rings. The maximum absolute atomic E-state index is 12.5. The standard InChI is InChI=1S/C24H24N6O2/c1-17-21(24(32)29-23(28-17)20-9-12-25-13-10-20)7-8-22(31)26-15-18-3-5-19(6-4-18)16-30-14-2-11-27-30/h2-6,9-14H,7-8,15-16H2,1H3,(H,26,31)(H,28,29,32). The van der Waals surface area contributed by atoms with Gasteiger partial charge in [-0.3, -0.25) is 19.3 Å². The van der Waals surface area contributed by atoms with Gasteiger partial charge < -0.3 is 10.3 Å². The van der Waals surface area contributed by atoms with E-state index in [-0.39, 0.29) is 17.9 Å². The molecule has 0 atom stereocenters. The highest BCUT2D eigenvalue weighted by atomic mass is 16.1. The molecule has 0 spiro atoms. The summed E-state index contributed by atoms with van der Waals surface area (Å²) in [5, 5.41) is 7.11. The number of amides is 1. The molecule has 4 aromatic rings. The minimum atomic E-state index is -0.218. The van der Waals surface area contributed by atoms with Crippen molar-refractivity contribution in [2.24, 2.45) is 0 Å². The van der Waals surface area contributed by atoms with Crippen molar-refractivity contribution in [2.75, 3.05) is 0 Å². The average Bonchev–Trinajstić information content (AvgIpc) is 3.31. The fraction of sp³-hybridized carbons (Fsp3) is 0.208. The Morgan fingerprint density at radius 3 is 2.50 bits per heavy atom. The first kappa shape index (κ1) is 21.2. The van der Waals surface area contributed by atoms with E-state index >= 15 is 0 Å². The van der Waals surface area contributed by atoms with Crippen LogP contribution >= 0.6 is 0 Å². The SMILES string of the molecule is Cc1nc(-c2ccncc2)[nH]c(=O)c1CCC(=O)NCc1ccc(Cn2cccn2)cc1. The molecule has 4 rings (SSSR count). The lowest BCUT2D eigenvalue weighted by molar-refractivity contribution is -0.121. The molecule has 162 valence electrons. The van der Waals surface area contributed by atoms with Gasteiger partial charge in [-0.25, -0.2) is 4.98 Å². The zero-order chi connectivity index (χ0) is 22.3. The van der Waals surface area contributed by atoms with Crippen molar-refractivity contribution in [3.05, 3.63) is 100.0 Å². The van der Waals surface area contributed by atoms with Gasteiger partial charge in [-0.1, -0.05) is 24.3 Å². The van der Waals surface area contributed by atoms with E-state index in [9.17, 15) is 9.59 Å². The summed E-state index contributed by atoms with van der Waals surface area (Å²) in [4.78, 5) is 36.1. The largest absolute Gasteiger partial charge is 0.352 e. The predicted molar refractivity (Wildman–Crippen MR) is 121 cm³/mol. The quantitative estimate of drug-likeness (QED) is 0.449. The van der Waals surface area contributed by atoms with Gasteiger partial charge in [0.2, 0.25) is 5.91 Å². The van der Waals surface area contributed by atoms with Crippen LogP contribution in [0.3, 0.4) is 0 Å². The van der Waals surface area contributed by atoms with Gasteiger partial charge in [-0.15, -0.1) is 0 Å². The number of aromatic nitrogens is 5. The number of hydrogen-bond acceptors (Lipinski definition) is 5. The number of rotatable bonds is 8. The molecule has 3 heterocycles. The number of pyridine rings is 1. The maximum atomic E-state index is 12.5. The lowest BCUT2D eigenvalue weighted by Crippen LogP contribution is -2.25. The van der Waals surface area contributed by atoms with Gasteiger partial charge in [-0.05, 0) is 42.7 Å². The summed E-state index contributed by atoms with van der Waals surface area (Å²) >= 11 is 0. The Labute approximate surface area is 185 Å². The number of aromatic amines is 1. The van der Waals surface area contributed by atoms with E-state index in [1.807, 2.05) is 41.2 Å². The van der Waals surface area contributed by atoms with Crippen LogP contribution in [0.2, 0.25) is 0 Å². The number of H-pyrrole nitrogens is 1. The Bertz CT molecular complexity index is 1230. The Kier molecular flexibility index (Phi) is 6.50. The molecular formula is C24H24N6O2. The molecule has 2 N–H and O–H groups in total. The molecule has 1 aromatic carbocycles. The first-order valence-electron chi connectivity index (χ1n) is 10.4. The Morgan fingerprint density at radius 2 is 1.81 bits per heavy atom. The molecule has 0 radical (unpaired) electrons. The lowest BCUT2D eigenvalue weighted by Gasteiger charge is -2.09. The Hall–Kier alpha value is -4.07. The smallest absolute Gasteiger partial charge is 0.254 e. The number of carbonyl (C=O) groups is 1. The van der Waals surface area contributed by atoms with E-state index in [0.29, 0.717) is 36.6 Å². The molecule has 0 unspecified atom stereocenters. The maximum Gasteiger partial charge on any atom is 0.254 e. The molecule has 3 aromatic heterocycles. The van der Waals surface area contributed by atoms with Crippen molar-refractivity contribution in [3.8, 4) is 11.4 Å². The van der Waals surface area contributed by atoms with Crippen molar-refractivity contribution in [3.63, 3.8) is 0 Å². The molecular weight excluding hydrogens is 404 g/mol. The molecule has 32 heavy (non-hydrogen) atoms. The fourth-order valence-electron chi connectivity index (χ4n) is 3.42.